The van der Waals surface area contributed by atoms with Crippen molar-refractivity contribution < 1.29 is 4.79 Å². The second kappa shape index (κ2) is 5.51. The average molecular weight is 269 g/mol. The second-order valence-electron chi connectivity index (χ2n) is 5.30. The second-order valence-corrected chi connectivity index (χ2v) is 6.27. The van der Waals surface area contributed by atoms with Crippen LogP contribution in [0.1, 0.15) is 39.5 Å². The minimum atomic E-state index is 0.236. The Kier molecular flexibility index (Phi) is 4.20. The fourth-order valence-electron chi connectivity index (χ4n) is 2.47. The molecule has 1 atom stereocenters. The van der Waals surface area contributed by atoms with E-state index in [1.54, 1.807) is 4.90 Å². The molecule has 2 saturated heterocycles. The predicted molar refractivity (Wildman–Crippen MR) is 77.0 cm³/mol. The summed E-state index contributed by atoms with van der Waals surface area (Å²) in [6.07, 6.45) is 3.80. The molecule has 2 rings (SSSR count). The Morgan fingerprint density at radius 1 is 1.50 bits per heavy atom. The van der Waals surface area contributed by atoms with Crippen LogP contribution in [0, 0.1) is 0 Å². The molecule has 0 aliphatic carbocycles. The number of piperidine rings is 1. The van der Waals surface area contributed by atoms with Crippen molar-refractivity contribution in [1.29, 1.82) is 0 Å². The average Bonchev–Trinajstić information content (AvgIpc) is 2.78. The number of nitrogens with zero attached hydrogens (tertiary/aromatic N) is 2. The highest BCUT2D eigenvalue weighted by molar-refractivity contribution is 8.14. The lowest BCUT2D eigenvalue weighted by atomic mass is 9.96. The predicted octanol–water partition coefficient (Wildman–Crippen LogP) is 1.86. The van der Waals surface area contributed by atoms with Crippen molar-refractivity contribution >= 4 is 22.8 Å². The summed E-state index contributed by atoms with van der Waals surface area (Å²) in [6, 6.07) is 0.271. The Morgan fingerprint density at radius 2 is 2.22 bits per heavy atom. The first kappa shape index (κ1) is 13.7. The smallest absolute Gasteiger partial charge is 0.222 e. The number of rotatable bonds is 3. The lowest BCUT2D eigenvalue weighted by molar-refractivity contribution is -0.132. The molecule has 1 N–H and O–H groups in total. The third-order valence-electron chi connectivity index (χ3n) is 4.11. The van der Waals surface area contributed by atoms with Gasteiger partial charge in [-0.25, -0.2) is 0 Å². The number of amidine groups is 1. The number of hydrogen-bond acceptors (Lipinski definition) is 3. The molecule has 0 aromatic heterocycles. The maximum Gasteiger partial charge on any atom is 0.222 e. The highest BCUT2D eigenvalue weighted by atomic mass is 32.2. The van der Waals surface area contributed by atoms with Crippen molar-refractivity contribution in [2.24, 2.45) is 4.99 Å². The molecule has 2 fully saturated rings. The van der Waals surface area contributed by atoms with Gasteiger partial charge in [0.15, 0.2) is 5.17 Å². The molecule has 0 radical (unpaired) electrons. The first-order valence-corrected chi connectivity index (χ1v) is 7.80. The third-order valence-corrected chi connectivity index (χ3v) is 5.29. The van der Waals surface area contributed by atoms with Crippen LogP contribution in [-0.2, 0) is 4.79 Å². The quantitative estimate of drug-likeness (QED) is 0.850. The molecular weight excluding hydrogens is 246 g/mol. The molecule has 1 amide bonds. The molecule has 5 heteroatoms. The van der Waals surface area contributed by atoms with E-state index in [0.29, 0.717) is 6.42 Å². The summed E-state index contributed by atoms with van der Waals surface area (Å²) < 4.78 is 0. The van der Waals surface area contributed by atoms with E-state index in [1.807, 2.05) is 18.8 Å². The Labute approximate surface area is 114 Å². The largest absolute Gasteiger partial charge is 0.359 e. The number of likely N-dealkylation sites (tertiary alicyclic amines) is 1. The van der Waals surface area contributed by atoms with Gasteiger partial charge in [0.1, 0.15) is 0 Å². The molecule has 0 bridgehead atoms. The highest BCUT2D eigenvalue weighted by Gasteiger charge is 2.34. The van der Waals surface area contributed by atoms with E-state index in [1.165, 1.54) is 0 Å². The van der Waals surface area contributed by atoms with E-state index >= 15 is 0 Å². The van der Waals surface area contributed by atoms with Gasteiger partial charge in [0.25, 0.3) is 0 Å². The van der Waals surface area contributed by atoms with Gasteiger partial charge in [-0.3, -0.25) is 9.79 Å². The molecule has 2 heterocycles. The van der Waals surface area contributed by atoms with Gasteiger partial charge in [-0.1, -0.05) is 25.6 Å². The van der Waals surface area contributed by atoms with Crippen LogP contribution in [0.15, 0.2) is 4.99 Å². The van der Waals surface area contributed by atoms with E-state index < -0.39 is 0 Å². The summed E-state index contributed by atoms with van der Waals surface area (Å²) in [5.74, 6) is 1.36. The van der Waals surface area contributed by atoms with Crippen molar-refractivity contribution in [2.75, 3.05) is 19.3 Å². The Morgan fingerprint density at radius 3 is 2.78 bits per heavy atom. The number of carbonyl (C=O) groups is 1. The van der Waals surface area contributed by atoms with Gasteiger partial charge in [-0.05, 0) is 19.3 Å². The van der Waals surface area contributed by atoms with Crippen LogP contribution in [0.3, 0.4) is 0 Å². The third kappa shape index (κ3) is 2.82. The zero-order valence-corrected chi connectivity index (χ0v) is 12.3. The molecule has 2 aliphatic heterocycles. The van der Waals surface area contributed by atoms with E-state index in [-0.39, 0.29) is 17.5 Å². The topological polar surface area (TPSA) is 44.7 Å². The van der Waals surface area contributed by atoms with Crippen LogP contribution in [0.5, 0.6) is 0 Å². The van der Waals surface area contributed by atoms with Crippen molar-refractivity contribution in [3.8, 4) is 0 Å². The van der Waals surface area contributed by atoms with Crippen LogP contribution in [-0.4, -0.2) is 46.9 Å². The summed E-state index contributed by atoms with van der Waals surface area (Å²) >= 11 is 1.83. The molecule has 0 aromatic rings. The summed E-state index contributed by atoms with van der Waals surface area (Å²) in [6.45, 7) is 5.22. The van der Waals surface area contributed by atoms with Crippen molar-refractivity contribution in [2.45, 2.75) is 51.1 Å². The summed E-state index contributed by atoms with van der Waals surface area (Å²) in [5.41, 5.74) is 0.236. The number of thioether (sulfide) groups is 1. The number of nitrogens with one attached hydrogen (secondary N) is 1. The number of likely N-dealkylation sites (N-methyl/N-ethyl adjacent to an activating group) is 1. The molecule has 102 valence electrons. The standard InChI is InChI=1S/C13H23N3OS/c1-4-13(5-2)9-18-12(15-13)14-10-6-7-11(17)16(3)8-10/h10H,4-9H2,1-3H3,(H,14,15). The summed E-state index contributed by atoms with van der Waals surface area (Å²) in [4.78, 5) is 18.0. The van der Waals surface area contributed by atoms with E-state index in [2.05, 4.69) is 19.2 Å². The fraction of sp³-hybridized carbons (Fsp3) is 0.846. The fourth-order valence-corrected chi connectivity index (χ4v) is 3.87. The minimum Gasteiger partial charge on any atom is -0.359 e. The molecule has 0 aromatic carbocycles. The van der Waals surface area contributed by atoms with Crippen LogP contribution < -0.4 is 5.32 Å². The Balaban J connectivity index is 1.97. The lowest BCUT2D eigenvalue weighted by Crippen LogP contribution is -2.43. The number of hydrogen-bond donors (Lipinski definition) is 1. The molecule has 2 aliphatic rings. The van der Waals surface area contributed by atoms with Gasteiger partial charge in [0, 0.05) is 31.3 Å². The van der Waals surface area contributed by atoms with Gasteiger partial charge >= 0.3 is 0 Å². The van der Waals surface area contributed by atoms with Crippen LogP contribution >= 0.6 is 11.8 Å². The van der Waals surface area contributed by atoms with Gasteiger partial charge in [0.2, 0.25) is 5.91 Å². The van der Waals surface area contributed by atoms with Gasteiger partial charge in [0.05, 0.1) is 6.04 Å². The number of amides is 1. The molecule has 0 spiro atoms. The minimum absolute atomic E-state index is 0.236. The van der Waals surface area contributed by atoms with Gasteiger partial charge in [-0.2, -0.15) is 0 Å². The van der Waals surface area contributed by atoms with Crippen LogP contribution in [0.2, 0.25) is 0 Å². The lowest BCUT2D eigenvalue weighted by Gasteiger charge is -2.28. The van der Waals surface area contributed by atoms with Crippen molar-refractivity contribution in [3.05, 3.63) is 0 Å². The SMILES string of the molecule is CCC1(CC)CSC(=NC2CCC(=O)N(C)C2)N1. The van der Waals surface area contributed by atoms with Gasteiger partial charge in [-0.15, -0.1) is 0 Å². The Bertz CT molecular complexity index is 352. The first-order valence-electron chi connectivity index (χ1n) is 6.81. The normalized spacial score (nSPS) is 29.7. The maximum absolute atomic E-state index is 11.4. The van der Waals surface area contributed by atoms with Crippen LogP contribution in [0.25, 0.3) is 0 Å². The highest BCUT2D eigenvalue weighted by Crippen LogP contribution is 2.29. The number of aliphatic imine (C=N–C) groups is 1. The molecule has 18 heavy (non-hydrogen) atoms. The summed E-state index contributed by atoms with van der Waals surface area (Å²) in [7, 11) is 1.87. The molecular formula is C13H23N3OS. The van der Waals surface area contributed by atoms with E-state index in [4.69, 9.17) is 4.99 Å². The van der Waals surface area contributed by atoms with Gasteiger partial charge < -0.3 is 10.2 Å². The van der Waals surface area contributed by atoms with Crippen molar-refractivity contribution in [1.82, 2.24) is 10.2 Å². The number of carbonyl (C=O) groups excluding carboxylic acids is 1. The van der Waals surface area contributed by atoms with E-state index in [9.17, 15) is 4.79 Å². The molecule has 0 saturated carbocycles. The monoisotopic (exact) mass is 269 g/mol. The maximum atomic E-state index is 11.4. The van der Waals surface area contributed by atoms with Crippen molar-refractivity contribution in [3.63, 3.8) is 0 Å². The summed E-state index contributed by atoms with van der Waals surface area (Å²) in [5, 5.41) is 4.66. The van der Waals surface area contributed by atoms with Crippen LogP contribution in [0.4, 0.5) is 0 Å². The molecule has 4 nitrogen and oxygen atoms in total. The first-order chi connectivity index (χ1) is 8.58. The Hall–Kier alpha value is -0.710. The zero-order valence-electron chi connectivity index (χ0n) is 11.5. The zero-order chi connectivity index (χ0) is 13.2. The van der Waals surface area contributed by atoms with E-state index in [0.717, 1.165) is 36.7 Å². The molecule has 1 unspecified atom stereocenters.